The van der Waals surface area contributed by atoms with Gasteiger partial charge in [-0.3, -0.25) is 0 Å². The summed E-state index contributed by atoms with van der Waals surface area (Å²) in [5, 5.41) is 11.2. The second-order valence-corrected chi connectivity index (χ2v) is 9.04. The Labute approximate surface area is 162 Å². The third kappa shape index (κ3) is 4.04. The second-order valence-electron chi connectivity index (χ2n) is 8.13. The number of halogens is 1. The maximum Gasteiger partial charge on any atom is 0.410 e. The van der Waals surface area contributed by atoms with Gasteiger partial charge in [0.1, 0.15) is 16.8 Å². The van der Waals surface area contributed by atoms with Crippen molar-refractivity contribution in [1.29, 1.82) is 0 Å². The number of hydrogen-bond acceptors (Lipinski definition) is 4. The number of imidazole rings is 1. The minimum atomic E-state index is -1.04. The van der Waals surface area contributed by atoms with Crippen LogP contribution >= 0.6 is 15.9 Å². The van der Waals surface area contributed by atoms with Crippen molar-refractivity contribution in [3.8, 4) is 0 Å². The van der Waals surface area contributed by atoms with E-state index in [0.29, 0.717) is 31.6 Å². The lowest BCUT2D eigenvalue weighted by Gasteiger charge is -2.39. The van der Waals surface area contributed by atoms with Crippen LogP contribution in [0.4, 0.5) is 4.79 Å². The van der Waals surface area contributed by atoms with Gasteiger partial charge in [0.25, 0.3) is 0 Å². The molecule has 26 heavy (non-hydrogen) atoms. The molecule has 142 valence electrons. The summed E-state index contributed by atoms with van der Waals surface area (Å²) in [7, 11) is 0. The Morgan fingerprint density at radius 3 is 2.58 bits per heavy atom. The summed E-state index contributed by atoms with van der Waals surface area (Å²) in [5.41, 5.74) is -0.0879. The van der Waals surface area contributed by atoms with E-state index in [1.165, 1.54) is 0 Å². The molecule has 1 saturated heterocycles. The first-order valence-electron chi connectivity index (χ1n) is 8.91. The summed E-state index contributed by atoms with van der Waals surface area (Å²) >= 11 is 3.44. The van der Waals surface area contributed by atoms with Gasteiger partial charge in [0.2, 0.25) is 0 Å². The van der Waals surface area contributed by atoms with Crippen LogP contribution in [-0.2, 0) is 10.3 Å². The van der Waals surface area contributed by atoms with Gasteiger partial charge in [0, 0.05) is 30.0 Å². The summed E-state index contributed by atoms with van der Waals surface area (Å²) in [4.78, 5) is 18.5. The fourth-order valence-electron chi connectivity index (χ4n) is 3.36. The molecule has 0 saturated carbocycles. The van der Waals surface area contributed by atoms with Crippen LogP contribution in [-0.4, -0.2) is 44.2 Å². The number of carbonyl (C=O) groups is 1. The van der Waals surface area contributed by atoms with E-state index in [-0.39, 0.29) is 12.0 Å². The summed E-state index contributed by atoms with van der Waals surface area (Å²) in [6.45, 7) is 8.57. The van der Waals surface area contributed by atoms with Crippen molar-refractivity contribution >= 4 is 27.7 Å². The predicted octanol–water partition coefficient (Wildman–Crippen LogP) is 3.95. The lowest BCUT2D eigenvalue weighted by atomic mass is 9.80. The Morgan fingerprint density at radius 2 is 1.96 bits per heavy atom. The first-order chi connectivity index (χ1) is 12.1. The number of rotatable bonds is 2. The molecule has 1 amide bonds. The molecule has 1 N–H and O–H groups in total. The molecule has 3 heterocycles. The van der Waals surface area contributed by atoms with Crippen molar-refractivity contribution in [3.63, 3.8) is 0 Å². The number of hydrogen-bond donors (Lipinski definition) is 1. The number of carbonyl (C=O) groups excluding carboxylic acids is 1. The van der Waals surface area contributed by atoms with E-state index in [9.17, 15) is 9.90 Å². The zero-order valence-corrected chi connectivity index (χ0v) is 17.3. The summed E-state index contributed by atoms with van der Waals surface area (Å²) < 4.78 is 8.30. The molecule has 1 fully saturated rings. The van der Waals surface area contributed by atoms with E-state index < -0.39 is 11.2 Å². The molecule has 0 aliphatic carbocycles. The molecule has 1 aliphatic heterocycles. The van der Waals surface area contributed by atoms with Gasteiger partial charge in [-0.25, -0.2) is 9.78 Å². The first kappa shape index (κ1) is 19.2. The molecular weight excluding hydrogens is 398 g/mol. The van der Waals surface area contributed by atoms with Crippen LogP contribution in [0.2, 0.25) is 0 Å². The molecule has 0 spiro atoms. The third-order valence-corrected chi connectivity index (χ3v) is 5.38. The Morgan fingerprint density at radius 1 is 1.31 bits per heavy atom. The van der Waals surface area contributed by atoms with Gasteiger partial charge in [0.15, 0.2) is 0 Å². The molecule has 1 aliphatic rings. The van der Waals surface area contributed by atoms with Crippen molar-refractivity contribution < 1.29 is 14.6 Å². The van der Waals surface area contributed by atoms with Crippen LogP contribution in [0.25, 0.3) is 5.65 Å². The summed E-state index contributed by atoms with van der Waals surface area (Å²) in [6.07, 6.45) is 4.93. The van der Waals surface area contributed by atoms with Crippen LogP contribution in [0.1, 0.15) is 46.2 Å². The van der Waals surface area contributed by atoms with Crippen molar-refractivity contribution in [3.05, 3.63) is 34.7 Å². The molecule has 0 aromatic carbocycles. The van der Waals surface area contributed by atoms with Gasteiger partial charge in [-0.2, -0.15) is 0 Å². The second kappa shape index (κ2) is 6.85. The van der Waals surface area contributed by atoms with Crippen LogP contribution < -0.4 is 0 Å². The zero-order chi connectivity index (χ0) is 19.1. The molecule has 0 radical (unpaired) electrons. The van der Waals surface area contributed by atoms with Gasteiger partial charge in [-0.1, -0.05) is 15.9 Å². The maximum atomic E-state index is 12.2. The van der Waals surface area contributed by atoms with Crippen LogP contribution in [0.5, 0.6) is 0 Å². The SMILES string of the molecule is CC(C)(C)OC(=O)N1CCC(C(C)(O)c2cn3ccc(Br)cc3n2)CC1. The maximum absolute atomic E-state index is 12.2. The zero-order valence-electron chi connectivity index (χ0n) is 15.7. The molecule has 6 nitrogen and oxygen atoms in total. The van der Waals surface area contributed by atoms with Gasteiger partial charge >= 0.3 is 6.09 Å². The molecule has 1 atom stereocenters. The van der Waals surface area contributed by atoms with E-state index in [4.69, 9.17) is 4.74 Å². The normalized spacial score (nSPS) is 18.8. The molecule has 0 bridgehead atoms. The average molecular weight is 424 g/mol. The number of amides is 1. The van der Waals surface area contributed by atoms with E-state index in [1.54, 1.807) is 4.90 Å². The minimum absolute atomic E-state index is 0.0366. The number of fused-ring (bicyclic) bond motifs is 1. The molecule has 7 heteroatoms. The lowest BCUT2D eigenvalue weighted by molar-refractivity contribution is -0.0408. The van der Waals surface area contributed by atoms with Crippen molar-refractivity contribution in [2.24, 2.45) is 5.92 Å². The number of pyridine rings is 1. The van der Waals surface area contributed by atoms with Gasteiger partial charge in [0.05, 0.1) is 5.69 Å². The highest BCUT2D eigenvalue weighted by atomic mass is 79.9. The predicted molar refractivity (Wildman–Crippen MR) is 103 cm³/mol. The largest absolute Gasteiger partial charge is 0.444 e. The fraction of sp³-hybridized carbons (Fsp3) is 0.579. The Kier molecular flexibility index (Phi) is 5.05. The number of likely N-dealkylation sites (tertiary alicyclic amines) is 1. The number of piperidine rings is 1. The standard InChI is InChI=1S/C19H26BrN3O3/c1-18(2,3)26-17(24)22-8-5-13(6-9-22)19(4,25)15-12-23-10-7-14(20)11-16(23)21-15/h7,10-13,25H,5-6,8-9H2,1-4H3. The van der Waals surface area contributed by atoms with Crippen LogP contribution in [0.3, 0.4) is 0 Å². The lowest BCUT2D eigenvalue weighted by Crippen LogP contribution is -2.46. The quantitative estimate of drug-likeness (QED) is 0.793. The summed E-state index contributed by atoms with van der Waals surface area (Å²) in [5.74, 6) is 0.0366. The monoisotopic (exact) mass is 423 g/mol. The number of aliphatic hydroxyl groups is 1. The first-order valence-corrected chi connectivity index (χ1v) is 9.70. The van der Waals surface area contributed by atoms with E-state index in [0.717, 1.165) is 10.1 Å². The number of aromatic nitrogens is 2. The van der Waals surface area contributed by atoms with E-state index in [1.807, 2.05) is 56.6 Å². The average Bonchev–Trinajstić information content (AvgIpc) is 2.97. The van der Waals surface area contributed by atoms with E-state index in [2.05, 4.69) is 20.9 Å². The highest BCUT2D eigenvalue weighted by molar-refractivity contribution is 9.10. The van der Waals surface area contributed by atoms with Crippen molar-refractivity contribution in [2.75, 3.05) is 13.1 Å². The molecule has 2 aromatic heterocycles. The smallest absolute Gasteiger partial charge is 0.410 e. The molecule has 1 unspecified atom stereocenters. The highest BCUT2D eigenvalue weighted by Gasteiger charge is 2.39. The van der Waals surface area contributed by atoms with Crippen LogP contribution in [0.15, 0.2) is 29.0 Å². The topological polar surface area (TPSA) is 67.1 Å². The molecule has 3 rings (SSSR count). The van der Waals surface area contributed by atoms with Gasteiger partial charge in [-0.05, 0) is 58.6 Å². The number of ether oxygens (including phenoxy) is 1. The van der Waals surface area contributed by atoms with Gasteiger partial charge < -0.3 is 19.1 Å². The molecular formula is C19H26BrN3O3. The van der Waals surface area contributed by atoms with Crippen LogP contribution in [0, 0.1) is 5.92 Å². The van der Waals surface area contributed by atoms with Gasteiger partial charge in [-0.15, -0.1) is 0 Å². The third-order valence-electron chi connectivity index (χ3n) is 4.88. The Bertz CT molecular complexity index is 802. The Balaban J connectivity index is 1.70. The minimum Gasteiger partial charge on any atom is -0.444 e. The van der Waals surface area contributed by atoms with Crippen molar-refractivity contribution in [1.82, 2.24) is 14.3 Å². The fourth-order valence-corrected chi connectivity index (χ4v) is 3.68. The van der Waals surface area contributed by atoms with Crippen molar-refractivity contribution in [2.45, 2.75) is 51.7 Å². The highest BCUT2D eigenvalue weighted by Crippen LogP contribution is 2.36. The Hall–Kier alpha value is -1.60. The van der Waals surface area contributed by atoms with E-state index >= 15 is 0 Å². The number of nitrogens with zero attached hydrogens (tertiary/aromatic N) is 3. The molecule has 2 aromatic rings. The summed E-state index contributed by atoms with van der Waals surface area (Å²) in [6, 6.07) is 3.86.